The van der Waals surface area contributed by atoms with Crippen molar-refractivity contribution in [1.29, 1.82) is 0 Å². The SMILES string of the molecule is Cc1c(C(=O)O)c(O)cc2c1C(=O)c1c(O)c([C@@H]3O[C@H](CO)[C@@H](O)[C@H](O)[C@H]3O)c(O)c(O)c1C2=O.O=S(=O)([O-])c1ccc(/N=N/c2cc(O)c3ccccc3c2S(=O)(=O)[O-])c2ccccc12.[Na+].[Na+]. The number of carboxylic acid groups (broad SMARTS) is 1. The number of aliphatic hydroxyl groups excluding tert-OH is 4. The topological polar surface area (TPSA) is 402 Å². The van der Waals surface area contributed by atoms with Crippen LogP contribution >= 0.6 is 0 Å². The fourth-order valence-corrected chi connectivity index (χ4v) is 9.39. The van der Waals surface area contributed by atoms with Crippen LogP contribution in [0.1, 0.15) is 59.4 Å². The van der Waals surface area contributed by atoms with Crippen molar-refractivity contribution in [3.05, 3.63) is 112 Å². The van der Waals surface area contributed by atoms with E-state index >= 15 is 0 Å². The Bertz CT molecular complexity index is 3350. The maximum Gasteiger partial charge on any atom is 1.00 e. The number of phenolic OH excluding ortho intramolecular Hbond substituents is 4. The number of benzene rings is 6. The Morgan fingerprint density at radius 2 is 1.22 bits per heavy atom. The molecule has 6 aromatic rings. The zero-order chi connectivity index (χ0) is 48.5. The first-order valence-electron chi connectivity index (χ1n) is 18.8. The van der Waals surface area contributed by atoms with E-state index in [0.717, 1.165) is 19.1 Å². The van der Waals surface area contributed by atoms with E-state index in [-0.39, 0.29) is 103 Å². The fourth-order valence-electron chi connectivity index (χ4n) is 7.90. The third-order valence-electron chi connectivity index (χ3n) is 10.9. The van der Waals surface area contributed by atoms with Crippen LogP contribution in [0.3, 0.4) is 0 Å². The van der Waals surface area contributed by atoms with E-state index in [2.05, 4.69) is 10.2 Å². The van der Waals surface area contributed by atoms with E-state index in [0.29, 0.717) is 6.07 Å². The van der Waals surface area contributed by atoms with E-state index < -0.39 is 141 Å². The van der Waals surface area contributed by atoms with Crippen LogP contribution in [0.2, 0.25) is 0 Å². The maximum atomic E-state index is 13.4. The summed E-state index contributed by atoms with van der Waals surface area (Å²) in [7, 11) is -9.73. The number of fused-ring (bicyclic) bond motifs is 4. The van der Waals surface area contributed by atoms with Crippen LogP contribution < -0.4 is 59.1 Å². The predicted molar refractivity (Wildman–Crippen MR) is 220 cm³/mol. The number of ether oxygens (including phenoxy) is 1. The molecule has 0 saturated carbocycles. The summed E-state index contributed by atoms with van der Waals surface area (Å²) in [5.41, 5.74) is -4.74. The van der Waals surface area contributed by atoms with E-state index in [1.807, 2.05) is 0 Å². The minimum atomic E-state index is -4.99. The molecule has 0 radical (unpaired) electrons. The second-order valence-electron chi connectivity index (χ2n) is 14.8. The van der Waals surface area contributed by atoms with Gasteiger partial charge in [-0.2, -0.15) is 0 Å². The van der Waals surface area contributed by atoms with Gasteiger partial charge >= 0.3 is 65.1 Å². The van der Waals surface area contributed by atoms with Gasteiger partial charge in [0.25, 0.3) is 0 Å². The number of azo groups is 1. The summed E-state index contributed by atoms with van der Waals surface area (Å²) in [6.45, 7) is 0.291. The first-order chi connectivity index (χ1) is 30.9. The van der Waals surface area contributed by atoms with Crippen molar-refractivity contribution in [3.8, 4) is 28.7 Å². The molecule has 1 saturated heterocycles. The summed E-state index contributed by atoms with van der Waals surface area (Å²) in [5, 5.41) is 110. The molecule has 0 spiro atoms. The third kappa shape index (κ3) is 9.34. The summed E-state index contributed by atoms with van der Waals surface area (Å²) < 4.78 is 75.6. The zero-order valence-electron chi connectivity index (χ0n) is 35.3. The summed E-state index contributed by atoms with van der Waals surface area (Å²) >= 11 is 0. The van der Waals surface area contributed by atoms with Crippen molar-refractivity contribution >= 4 is 70.7 Å². The van der Waals surface area contributed by atoms with Crippen LogP contribution in [0, 0.1) is 6.92 Å². The monoisotopic (exact) mass is 994 g/mol. The molecule has 22 nitrogen and oxygen atoms in total. The van der Waals surface area contributed by atoms with Crippen molar-refractivity contribution in [2.24, 2.45) is 10.2 Å². The minimum absolute atomic E-state index is 0. The van der Waals surface area contributed by atoms with Gasteiger partial charge in [-0.05, 0) is 30.7 Å². The van der Waals surface area contributed by atoms with Crippen LogP contribution in [0.15, 0.2) is 92.8 Å². The molecule has 0 amide bonds. The number of nitrogens with zero attached hydrogens (tertiary/aromatic N) is 2. The Balaban J connectivity index is 0.000000248. The third-order valence-corrected chi connectivity index (χ3v) is 12.8. The van der Waals surface area contributed by atoms with Crippen LogP contribution in [0.25, 0.3) is 21.5 Å². The average molecular weight is 995 g/mol. The van der Waals surface area contributed by atoms with Crippen LogP contribution in [0.5, 0.6) is 28.7 Å². The van der Waals surface area contributed by atoms with Gasteiger partial charge in [0.2, 0.25) is 0 Å². The number of phenols is 5. The number of ketones is 2. The minimum Gasteiger partial charge on any atom is -0.744 e. The Morgan fingerprint density at radius 1 is 0.662 bits per heavy atom. The van der Waals surface area contributed by atoms with Crippen molar-refractivity contribution in [3.63, 3.8) is 0 Å². The van der Waals surface area contributed by atoms with E-state index in [4.69, 9.17) is 4.74 Å². The van der Waals surface area contributed by atoms with Gasteiger partial charge in [0.1, 0.15) is 79.3 Å². The molecule has 8 rings (SSSR count). The Labute approximate surface area is 427 Å². The van der Waals surface area contributed by atoms with Crippen LogP contribution in [-0.2, 0) is 25.0 Å². The quantitative estimate of drug-likeness (QED) is 0.0246. The number of rotatable bonds is 7. The number of aromatic hydroxyl groups is 5. The normalized spacial score (nSPS) is 19.1. The molecule has 0 bridgehead atoms. The fraction of sp³-hybridized carbons (Fsp3) is 0.167. The summed E-state index contributed by atoms with van der Waals surface area (Å²) in [4.78, 5) is 37.0. The van der Waals surface area contributed by atoms with E-state index in [1.54, 1.807) is 18.2 Å². The zero-order valence-corrected chi connectivity index (χ0v) is 40.9. The molecule has 6 aromatic carbocycles. The Kier molecular flexibility index (Phi) is 15.9. The van der Waals surface area contributed by atoms with Gasteiger partial charge in [-0.15, -0.1) is 10.2 Å². The van der Waals surface area contributed by atoms with Gasteiger partial charge < -0.3 is 64.9 Å². The molecule has 1 aliphatic carbocycles. The van der Waals surface area contributed by atoms with Crippen molar-refractivity contribution < 1.29 is 155 Å². The van der Waals surface area contributed by atoms with Crippen LogP contribution in [0.4, 0.5) is 11.4 Å². The molecule has 68 heavy (non-hydrogen) atoms. The maximum absolute atomic E-state index is 13.4. The molecule has 2 aliphatic rings. The average Bonchev–Trinajstić information content (AvgIpc) is 3.25. The summed E-state index contributed by atoms with van der Waals surface area (Å²) in [6, 6.07) is 16.0. The molecule has 10 N–H and O–H groups in total. The number of aliphatic hydroxyl groups is 4. The molecule has 1 heterocycles. The van der Waals surface area contributed by atoms with Gasteiger partial charge in [0.05, 0.1) is 38.8 Å². The standard InChI is InChI=1S/C22H20O13.C20H14N2O7S2.2Na/c1-4-8-5(2-6(24)9(4)22(33)34)13(25)10-11(15(8)27)16(28)12(18(30)17(10)29)21-20(32)19(31)14(26)7(3-23)35-21;23-18-11-17(20(31(27,28)29)15-8-4-2-6-13(15)18)22-21-16-9-10-19(30(24,25)26)14-7-3-1-5-12(14)16;;/h2,7,14,19-21,23-24,26,28-32H,3H2,1H3,(H,33,34);1-11,23H,(H,24,25,26)(H,27,28,29);;/q;;2*+1/p-2/b;22-21+;;/t7-,14-,19+,20-,21+;;;/m1.../s1. The number of hydrogen-bond acceptors (Lipinski definition) is 21. The first kappa shape index (κ1) is 53.8. The van der Waals surface area contributed by atoms with E-state index in [9.17, 15) is 91.4 Å². The molecule has 1 fully saturated rings. The number of carbonyl (C=O) groups is 3. The van der Waals surface area contributed by atoms with E-state index in [1.165, 1.54) is 36.4 Å². The predicted octanol–water partition coefficient (Wildman–Crippen LogP) is -3.26. The molecule has 1 aliphatic heterocycles. The van der Waals surface area contributed by atoms with Crippen LogP contribution in [-0.4, -0.2) is 126 Å². The van der Waals surface area contributed by atoms with Crippen molar-refractivity contribution in [2.45, 2.75) is 47.2 Å². The smallest absolute Gasteiger partial charge is 0.744 e. The number of hydrogen-bond donors (Lipinski definition) is 10. The number of carbonyl (C=O) groups excluding carboxylic acids is 2. The van der Waals surface area contributed by atoms with Crippen molar-refractivity contribution in [1.82, 2.24) is 0 Å². The van der Waals surface area contributed by atoms with Gasteiger partial charge in [-0.25, -0.2) is 21.6 Å². The van der Waals surface area contributed by atoms with Gasteiger partial charge in [0, 0.05) is 38.7 Å². The molecule has 0 unspecified atom stereocenters. The molecule has 5 atom stereocenters. The summed E-state index contributed by atoms with van der Waals surface area (Å²) in [5.74, 6) is -8.53. The number of aromatic carboxylic acids is 1. The Hall–Kier alpha value is -5.13. The second kappa shape index (κ2) is 20.1. The number of carboxylic acids is 1. The molecule has 344 valence electrons. The summed E-state index contributed by atoms with van der Waals surface area (Å²) in [6.07, 6.45) is -9.12. The second-order valence-corrected chi connectivity index (χ2v) is 17.4. The largest absolute Gasteiger partial charge is 1.00 e. The van der Waals surface area contributed by atoms with Gasteiger partial charge in [-0.1, -0.05) is 48.5 Å². The van der Waals surface area contributed by atoms with Gasteiger partial charge in [0.15, 0.2) is 23.1 Å². The van der Waals surface area contributed by atoms with Gasteiger partial charge in [-0.3, -0.25) is 9.59 Å². The molecule has 0 aromatic heterocycles. The molecular weight excluding hydrogens is 963 g/mol. The Morgan fingerprint density at radius 3 is 1.79 bits per heavy atom. The van der Waals surface area contributed by atoms with Crippen molar-refractivity contribution in [2.75, 3.05) is 6.61 Å². The molecule has 26 heteroatoms. The first-order valence-corrected chi connectivity index (χ1v) is 21.6. The molecular formula is C42H32N2Na2O20S2.